The van der Waals surface area contributed by atoms with Gasteiger partial charge >= 0.3 is 0 Å². The number of pyridine rings is 1. The topological polar surface area (TPSA) is 123 Å². The van der Waals surface area contributed by atoms with Gasteiger partial charge in [-0.15, -0.1) is 0 Å². The molecule has 0 bridgehead atoms. The lowest BCUT2D eigenvalue weighted by Gasteiger charge is -2.32. The molecule has 1 fully saturated rings. The zero-order chi connectivity index (χ0) is 22.0. The van der Waals surface area contributed by atoms with Crippen molar-refractivity contribution >= 4 is 34.1 Å². The molecule has 0 saturated carbocycles. The molecule has 0 radical (unpaired) electrons. The van der Waals surface area contributed by atoms with E-state index in [2.05, 4.69) is 15.4 Å². The minimum atomic E-state index is -0.284. The third kappa shape index (κ3) is 4.40. The average molecular weight is 420 g/mol. The molecule has 3 N–H and O–H groups in total. The number of carbonyl (C=O) groups is 2. The average Bonchev–Trinajstić information content (AvgIpc) is 2.78. The Labute approximate surface area is 178 Å². The van der Waals surface area contributed by atoms with Crippen molar-refractivity contribution in [1.82, 2.24) is 14.8 Å². The summed E-state index contributed by atoms with van der Waals surface area (Å²) in [6.45, 7) is 1.37. The van der Waals surface area contributed by atoms with Crippen LogP contribution in [0.25, 0.3) is 10.8 Å². The first-order chi connectivity index (χ1) is 14.9. The Kier molecular flexibility index (Phi) is 5.66. The van der Waals surface area contributed by atoms with Crippen LogP contribution in [0.5, 0.6) is 0 Å². The summed E-state index contributed by atoms with van der Waals surface area (Å²) in [6.07, 6.45) is 3.30. The van der Waals surface area contributed by atoms with Crippen LogP contribution < -0.4 is 21.5 Å². The number of hydrogen-bond donors (Lipinski definition) is 2. The lowest BCUT2D eigenvalue weighted by atomic mass is 9.97. The third-order valence-electron chi connectivity index (χ3n) is 5.54. The molecule has 3 heterocycles. The molecule has 1 aromatic carbocycles. The summed E-state index contributed by atoms with van der Waals surface area (Å²) in [4.78, 5) is 42.8. The Morgan fingerprint density at radius 1 is 1.19 bits per heavy atom. The van der Waals surface area contributed by atoms with Crippen molar-refractivity contribution in [2.24, 2.45) is 18.7 Å². The standard InChI is InChI=1S/C22H24N6O3/c1-27-22(31)17-7-3-2-6-16(17)18(26-27)11-20(29)25-15-8-9-19(24-12-15)28-10-4-5-14(13-28)21(23)30/h2-3,6-9,12,14H,4-5,10-11,13H2,1H3,(H2,23,30)(H,25,29). The van der Waals surface area contributed by atoms with Gasteiger partial charge in [0.1, 0.15) is 5.82 Å². The number of piperidine rings is 1. The molecule has 1 aliphatic heterocycles. The van der Waals surface area contributed by atoms with Gasteiger partial charge in [0.25, 0.3) is 5.56 Å². The molecule has 9 nitrogen and oxygen atoms in total. The minimum absolute atomic E-state index is 0.0306. The van der Waals surface area contributed by atoms with Crippen molar-refractivity contribution in [2.75, 3.05) is 23.3 Å². The second kappa shape index (κ2) is 8.55. The predicted molar refractivity (Wildman–Crippen MR) is 118 cm³/mol. The second-order valence-corrected chi connectivity index (χ2v) is 7.74. The normalized spacial score (nSPS) is 16.3. The Balaban J connectivity index is 1.45. The highest BCUT2D eigenvalue weighted by atomic mass is 16.2. The zero-order valence-corrected chi connectivity index (χ0v) is 17.2. The SMILES string of the molecule is Cn1nc(CC(=O)Nc2ccc(N3CCCC(C(N)=O)C3)nc2)c2ccccc2c1=O. The van der Waals surface area contributed by atoms with E-state index in [0.717, 1.165) is 25.2 Å². The number of nitrogens with two attached hydrogens (primary N) is 1. The van der Waals surface area contributed by atoms with Gasteiger partial charge in [-0.25, -0.2) is 9.67 Å². The van der Waals surface area contributed by atoms with E-state index >= 15 is 0 Å². The molecule has 4 rings (SSSR count). The quantitative estimate of drug-likeness (QED) is 0.640. The molecule has 0 spiro atoms. The summed E-state index contributed by atoms with van der Waals surface area (Å²) >= 11 is 0. The van der Waals surface area contributed by atoms with E-state index in [1.54, 1.807) is 37.5 Å². The highest BCUT2D eigenvalue weighted by Gasteiger charge is 2.24. The number of anilines is 2. The molecule has 0 aliphatic carbocycles. The van der Waals surface area contributed by atoms with Gasteiger partial charge in [0.05, 0.1) is 35.3 Å². The van der Waals surface area contributed by atoms with Crippen LogP contribution in [-0.2, 0) is 23.1 Å². The lowest BCUT2D eigenvalue weighted by molar-refractivity contribution is -0.122. The van der Waals surface area contributed by atoms with Gasteiger partial charge in [-0.3, -0.25) is 14.4 Å². The summed E-state index contributed by atoms with van der Waals surface area (Å²) in [5.74, 6) is 0.0412. The number of carbonyl (C=O) groups excluding carboxylic acids is 2. The molecule has 2 aromatic heterocycles. The number of fused-ring (bicyclic) bond motifs is 1. The van der Waals surface area contributed by atoms with E-state index < -0.39 is 0 Å². The van der Waals surface area contributed by atoms with Gasteiger partial charge in [-0.1, -0.05) is 18.2 Å². The van der Waals surface area contributed by atoms with Gasteiger partial charge in [0.2, 0.25) is 11.8 Å². The first-order valence-electron chi connectivity index (χ1n) is 10.2. The number of nitrogens with one attached hydrogen (secondary N) is 1. The van der Waals surface area contributed by atoms with Gasteiger partial charge in [0, 0.05) is 25.5 Å². The molecule has 2 amide bonds. The molecule has 1 unspecified atom stereocenters. The molecule has 160 valence electrons. The maximum absolute atomic E-state index is 12.6. The number of hydrogen-bond acceptors (Lipinski definition) is 6. The fraction of sp³-hybridized carbons (Fsp3) is 0.318. The van der Waals surface area contributed by atoms with E-state index in [1.165, 1.54) is 4.68 Å². The Hall–Kier alpha value is -3.75. The van der Waals surface area contributed by atoms with Crippen LogP contribution in [0.3, 0.4) is 0 Å². The molecule has 1 saturated heterocycles. The van der Waals surface area contributed by atoms with Crippen molar-refractivity contribution < 1.29 is 9.59 Å². The van der Waals surface area contributed by atoms with Crippen LogP contribution in [0.2, 0.25) is 0 Å². The minimum Gasteiger partial charge on any atom is -0.369 e. The fourth-order valence-corrected chi connectivity index (χ4v) is 3.93. The van der Waals surface area contributed by atoms with Crippen molar-refractivity contribution in [1.29, 1.82) is 0 Å². The van der Waals surface area contributed by atoms with Crippen molar-refractivity contribution in [3.05, 3.63) is 58.6 Å². The maximum atomic E-state index is 12.6. The van der Waals surface area contributed by atoms with E-state index in [4.69, 9.17) is 5.73 Å². The Morgan fingerprint density at radius 2 is 1.97 bits per heavy atom. The van der Waals surface area contributed by atoms with Crippen LogP contribution in [0.15, 0.2) is 47.4 Å². The van der Waals surface area contributed by atoms with E-state index in [9.17, 15) is 14.4 Å². The summed E-state index contributed by atoms with van der Waals surface area (Å²) in [5.41, 5.74) is 6.34. The Bertz CT molecular complexity index is 1190. The molecule has 1 atom stereocenters. The van der Waals surface area contributed by atoms with Crippen molar-refractivity contribution in [3.63, 3.8) is 0 Å². The molecule has 9 heteroatoms. The van der Waals surface area contributed by atoms with E-state index in [-0.39, 0.29) is 29.7 Å². The lowest BCUT2D eigenvalue weighted by Crippen LogP contribution is -2.41. The van der Waals surface area contributed by atoms with Crippen LogP contribution >= 0.6 is 0 Å². The summed E-state index contributed by atoms with van der Waals surface area (Å²) in [6, 6.07) is 10.7. The van der Waals surface area contributed by atoms with Gasteiger partial charge in [0.15, 0.2) is 0 Å². The maximum Gasteiger partial charge on any atom is 0.274 e. The molecule has 3 aromatic rings. The molecular formula is C22H24N6O3. The number of benzene rings is 1. The summed E-state index contributed by atoms with van der Waals surface area (Å²) in [7, 11) is 1.57. The first-order valence-corrected chi connectivity index (χ1v) is 10.2. The van der Waals surface area contributed by atoms with Crippen LogP contribution in [0, 0.1) is 5.92 Å². The highest BCUT2D eigenvalue weighted by molar-refractivity contribution is 5.95. The Morgan fingerprint density at radius 3 is 2.68 bits per heavy atom. The number of nitrogens with zero attached hydrogens (tertiary/aromatic N) is 4. The summed E-state index contributed by atoms with van der Waals surface area (Å²) < 4.78 is 1.25. The van der Waals surface area contributed by atoms with Crippen molar-refractivity contribution in [3.8, 4) is 0 Å². The third-order valence-corrected chi connectivity index (χ3v) is 5.54. The molecule has 31 heavy (non-hydrogen) atoms. The van der Waals surface area contributed by atoms with Crippen LogP contribution in [-0.4, -0.2) is 39.7 Å². The number of primary amides is 1. The number of amides is 2. The second-order valence-electron chi connectivity index (χ2n) is 7.74. The van der Waals surface area contributed by atoms with Crippen molar-refractivity contribution in [2.45, 2.75) is 19.3 Å². The number of aryl methyl sites for hydroxylation is 1. The van der Waals surface area contributed by atoms with Gasteiger partial charge < -0.3 is 16.0 Å². The van der Waals surface area contributed by atoms with Crippen LogP contribution in [0.1, 0.15) is 18.5 Å². The first kappa shape index (κ1) is 20.5. The van der Waals surface area contributed by atoms with Crippen LogP contribution in [0.4, 0.5) is 11.5 Å². The zero-order valence-electron chi connectivity index (χ0n) is 17.2. The van der Waals surface area contributed by atoms with E-state index in [0.29, 0.717) is 28.7 Å². The molecule has 1 aliphatic rings. The predicted octanol–water partition coefficient (Wildman–Crippen LogP) is 1.21. The molecular weight excluding hydrogens is 396 g/mol. The fourth-order valence-electron chi connectivity index (χ4n) is 3.93. The monoisotopic (exact) mass is 420 g/mol. The number of aromatic nitrogens is 3. The summed E-state index contributed by atoms with van der Waals surface area (Å²) in [5, 5.41) is 8.29. The van der Waals surface area contributed by atoms with Gasteiger partial charge in [-0.05, 0) is 31.0 Å². The van der Waals surface area contributed by atoms with E-state index in [1.807, 2.05) is 17.0 Å². The highest BCUT2D eigenvalue weighted by Crippen LogP contribution is 2.22. The largest absolute Gasteiger partial charge is 0.369 e. The smallest absolute Gasteiger partial charge is 0.274 e. The van der Waals surface area contributed by atoms with Gasteiger partial charge in [-0.2, -0.15) is 5.10 Å². The number of rotatable bonds is 5.